The number of ketones is 1. The zero-order valence-corrected chi connectivity index (χ0v) is 18.6. The van der Waals surface area contributed by atoms with Gasteiger partial charge in [-0.25, -0.2) is 4.79 Å². The maximum atomic E-state index is 12.8. The van der Waals surface area contributed by atoms with Crippen LogP contribution in [-0.4, -0.2) is 53.0 Å². The second-order valence-corrected chi connectivity index (χ2v) is 9.06. The second-order valence-electron chi connectivity index (χ2n) is 8.15. The van der Waals surface area contributed by atoms with E-state index in [-0.39, 0.29) is 24.5 Å². The minimum Gasteiger partial charge on any atom is -0.444 e. The fraction of sp³-hybridized carbons (Fsp3) is 0.409. The van der Waals surface area contributed by atoms with Crippen molar-refractivity contribution in [3.05, 3.63) is 58.8 Å². The fourth-order valence-corrected chi connectivity index (χ4v) is 3.52. The van der Waals surface area contributed by atoms with Gasteiger partial charge in [0.2, 0.25) is 0 Å². The molecular formula is C22H26BrN3O3. The summed E-state index contributed by atoms with van der Waals surface area (Å²) < 4.78 is 6.35. The first-order chi connectivity index (χ1) is 13.7. The van der Waals surface area contributed by atoms with Gasteiger partial charge in [0.1, 0.15) is 5.60 Å². The van der Waals surface area contributed by atoms with Crippen molar-refractivity contribution in [2.24, 2.45) is 0 Å². The Morgan fingerprint density at radius 1 is 1.24 bits per heavy atom. The Hall–Kier alpha value is -2.41. The molecule has 29 heavy (non-hydrogen) atoms. The summed E-state index contributed by atoms with van der Waals surface area (Å²) >= 11 is 3.45. The number of aromatic nitrogens is 1. The molecule has 0 aliphatic carbocycles. The number of benzene rings is 1. The van der Waals surface area contributed by atoms with E-state index in [1.807, 2.05) is 62.1 Å². The van der Waals surface area contributed by atoms with Crippen molar-refractivity contribution in [3.63, 3.8) is 0 Å². The fourth-order valence-electron chi connectivity index (χ4n) is 3.17. The summed E-state index contributed by atoms with van der Waals surface area (Å²) in [5.74, 6) is 0.0220. The maximum absolute atomic E-state index is 12.8. The lowest BCUT2D eigenvalue weighted by atomic mass is 10.0. The zero-order valence-electron chi connectivity index (χ0n) is 17.0. The molecule has 1 aromatic heterocycles. The summed E-state index contributed by atoms with van der Waals surface area (Å²) in [6.45, 7) is 6.99. The smallest absolute Gasteiger partial charge is 0.410 e. The first-order valence-corrected chi connectivity index (χ1v) is 10.5. The van der Waals surface area contributed by atoms with Gasteiger partial charge in [-0.05, 0) is 49.2 Å². The van der Waals surface area contributed by atoms with E-state index in [1.54, 1.807) is 17.3 Å². The van der Waals surface area contributed by atoms with Gasteiger partial charge >= 0.3 is 6.09 Å². The summed E-state index contributed by atoms with van der Waals surface area (Å²) in [7, 11) is 0. The Morgan fingerprint density at radius 2 is 1.97 bits per heavy atom. The van der Waals surface area contributed by atoms with Crippen molar-refractivity contribution >= 4 is 33.5 Å². The van der Waals surface area contributed by atoms with Gasteiger partial charge < -0.3 is 14.5 Å². The van der Waals surface area contributed by atoms with E-state index < -0.39 is 5.60 Å². The maximum Gasteiger partial charge on any atom is 0.410 e. The van der Waals surface area contributed by atoms with Crippen LogP contribution in [0.4, 0.5) is 10.5 Å². The monoisotopic (exact) mass is 459 g/mol. The summed E-state index contributed by atoms with van der Waals surface area (Å²) in [6, 6.07) is 11.2. The number of amides is 1. The third kappa shape index (κ3) is 5.79. The molecule has 0 bridgehead atoms. The van der Waals surface area contributed by atoms with Crippen molar-refractivity contribution in [2.45, 2.75) is 38.8 Å². The number of hydrogen-bond donors (Lipinski definition) is 0. The molecule has 6 nitrogen and oxygen atoms in total. The molecule has 7 heteroatoms. The van der Waals surface area contributed by atoms with Crippen molar-refractivity contribution < 1.29 is 14.3 Å². The number of anilines is 1. The standard InChI is InChI=1S/C22H26BrN3O3/c1-22(2,3)29-21(28)26-10-9-18(26)14-25(19-11-17(23)12-24-13-19)15-20(27)16-7-5-4-6-8-16/h4-8,11-13,18H,9-10,14-15H2,1-3H3/t18-/m0/s1. The second kappa shape index (κ2) is 8.95. The molecule has 3 rings (SSSR count). The molecule has 2 aromatic rings. The van der Waals surface area contributed by atoms with E-state index in [2.05, 4.69) is 20.9 Å². The number of carbonyl (C=O) groups is 2. The Labute approximate surface area is 180 Å². The third-order valence-corrected chi connectivity index (χ3v) is 5.12. The molecule has 0 saturated carbocycles. The number of Topliss-reactive ketones (excluding diaryl/α,β-unsaturated/α-hetero) is 1. The molecule has 1 fully saturated rings. The van der Waals surface area contributed by atoms with Crippen molar-refractivity contribution in [1.82, 2.24) is 9.88 Å². The molecule has 0 unspecified atom stereocenters. The SMILES string of the molecule is CC(C)(C)OC(=O)N1CC[C@H]1CN(CC(=O)c1ccccc1)c1cncc(Br)c1. The summed E-state index contributed by atoms with van der Waals surface area (Å²) in [4.78, 5) is 33.2. The highest BCUT2D eigenvalue weighted by atomic mass is 79.9. The van der Waals surface area contributed by atoms with Crippen LogP contribution in [0.3, 0.4) is 0 Å². The summed E-state index contributed by atoms with van der Waals surface area (Å²) in [5.41, 5.74) is 0.965. The highest BCUT2D eigenvalue weighted by Crippen LogP contribution is 2.25. The lowest BCUT2D eigenvalue weighted by molar-refractivity contribution is -0.00367. The molecule has 0 radical (unpaired) electrons. The quantitative estimate of drug-likeness (QED) is 0.593. The molecule has 0 N–H and O–H groups in total. The number of ether oxygens (including phenoxy) is 1. The first-order valence-electron chi connectivity index (χ1n) is 9.66. The predicted octanol–water partition coefficient (Wildman–Crippen LogP) is 4.54. The minimum atomic E-state index is -0.533. The van der Waals surface area contributed by atoms with Gasteiger partial charge in [-0.1, -0.05) is 30.3 Å². The first kappa shape index (κ1) is 21.3. The van der Waals surface area contributed by atoms with Crippen molar-refractivity contribution in [3.8, 4) is 0 Å². The van der Waals surface area contributed by atoms with Crippen LogP contribution >= 0.6 is 15.9 Å². The number of pyridine rings is 1. The molecular weight excluding hydrogens is 434 g/mol. The Bertz CT molecular complexity index is 867. The van der Waals surface area contributed by atoms with Crippen LogP contribution in [0.5, 0.6) is 0 Å². The van der Waals surface area contributed by atoms with Crippen molar-refractivity contribution in [1.29, 1.82) is 0 Å². The molecule has 0 spiro atoms. The molecule has 1 amide bonds. The molecule has 1 saturated heterocycles. The Balaban J connectivity index is 1.75. The Morgan fingerprint density at radius 3 is 2.55 bits per heavy atom. The molecule has 154 valence electrons. The normalized spacial score (nSPS) is 16.1. The summed E-state index contributed by atoms with van der Waals surface area (Å²) in [5, 5.41) is 0. The van der Waals surface area contributed by atoms with Crippen LogP contribution in [0.25, 0.3) is 0 Å². The number of hydrogen-bond acceptors (Lipinski definition) is 5. The van der Waals surface area contributed by atoms with Gasteiger partial charge in [0.15, 0.2) is 5.78 Å². The highest BCUT2D eigenvalue weighted by Gasteiger charge is 2.36. The average molecular weight is 460 g/mol. The lowest BCUT2D eigenvalue weighted by Gasteiger charge is -2.43. The molecule has 1 aliphatic rings. The average Bonchev–Trinajstić information content (AvgIpc) is 2.63. The largest absolute Gasteiger partial charge is 0.444 e. The zero-order chi connectivity index (χ0) is 21.0. The number of carbonyl (C=O) groups excluding carboxylic acids is 2. The van der Waals surface area contributed by atoms with Gasteiger partial charge in [0, 0.05) is 29.3 Å². The number of rotatable bonds is 6. The van der Waals surface area contributed by atoms with Gasteiger partial charge in [0.25, 0.3) is 0 Å². The molecule has 1 aromatic carbocycles. The van der Waals surface area contributed by atoms with Gasteiger partial charge in [-0.3, -0.25) is 9.78 Å². The highest BCUT2D eigenvalue weighted by molar-refractivity contribution is 9.10. The third-order valence-electron chi connectivity index (χ3n) is 4.69. The van der Waals surface area contributed by atoms with Crippen molar-refractivity contribution in [2.75, 3.05) is 24.5 Å². The summed E-state index contributed by atoms with van der Waals surface area (Å²) in [6.07, 6.45) is 4.00. The Kier molecular flexibility index (Phi) is 6.57. The van der Waals surface area contributed by atoms with E-state index in [0.29, 0.717) is 18.7 Å². The molecule has 1 atom stereocenters. The van der Waals surface area contributed by atoms with Crippen LogP contribution in [0.1, 0.15) is 37.6 Å². The van der Waals surface area contributed by atoms with Crippen LogP contribution in [0, 0.1) is 0 Å². The van der Waals surface area contributed by atoms with E-state index in [9.17, 15) is 9.59 Å². The van der Waals surface area contributed by atoms with E-state index in [4.69, 9.17) is 4.74 Å². The van der Waals surface area contributed by atoms with E-state index in [1.165, 1.54) is 0 Å². The number of halogens is 1. The van der Waals surface area contributed by atoms with Gasteiger partial charge in [0.05, 0.1) is 24.5 Å². The van der Waals surface area contributed by atoms with E-state index in [0.717, 1.165) is 16.6 Å². The molecule has 1 aliphatic heterocycles. The minimum absolute atomic E-state index is 0.00703. The van der Waals surface area contributed by atoms with Crippen LogP contribution in [0.15, 0.2) is 53.3 Å². The number of likely N-dealkylation sites (tertiary alicyclic amines) is 1. The topological polar surface area (TPSA) is 62.7 Å². The van der Waals surface area contributed by atoms with Crippen LogP contribution in [-0.2, 0) is 4.74 Å². The van der Waals surface area contributed by atoms with E-state index >= 15 is 0 Å². The van der Waals surface area contributed by atoms with Gasteiger partial charge in [-0.2, -0.15) is 0 Å². The van der Waals surface area contributed by atoms with Crippen LogP contribution in [0.2, 0.25) is 0 Å². The number of nitrogens with zero attached hydrogens (tertiary/aromatic N) is 3. The predicted molar refractivity (Wildman–Crippen MR) is 116 cm³/mol. The van der Waals surface area contributed by atoms with Crippen LogP contribution < -0.4 is 4.90 Å². The molecule has 2 heterocycles. The van der Waals surface area contributed by atoms with Gasteiger partial charge in [-0.15, -0.1) is 0 Å². The lowest BCUT2D eigenvalue weighted by Crippen LogP contribution is -2.57.